The minimum absolute atomic E-state index is 0.247. The third kappa shape index (κ3) is 3.76. The Hall–Kier alpha value is -1.55. The Labute approximate surface area is 126 Å². The molecule has 0 spiro atoms. The molecule has 3 rings (SSSR count). The van der Waals surface area contributed by atoms with Gasteiger partial charge in [0.2, 0.25) is 5.91 Å². The number of carbonyl (C=O) groups is 1. The first kappa shape index (κ1) is 14.4. The van der Waals surface area contributed by atoms with Gasteiger partial charge < -0.3 is 15.0 Å². The molecule has 2 heterocycles. The minimum atomic E-state index is 0.247. The number of amides is 1. The lowest BCUT2D eigenvalue weighted by Gasteiger charge is -2.26. The van der Waals surface area contributed by atoms with E-state index < -0.39 is 0 Å². The summed E-state index contributed by atoms with van der Waals surface area (Å²) in [5.41, 5.74) is 2.63. The van der Waals surface area contributed by atoms with Crippen molar-refractivity contribution in [1.82, 2.24) is 10.2 Å². The van der Waals surface area contributed by atoms with E-state index in [1.807, 2.05) is 4.90 Å². The van der Waals surface area contributed by atoms with Gasteiger partial charge in [0.15, 0.2) is 0 Å². The van der Waals surface area contributed by atoms with Gasteiger partial charge in [-0.2, -0.15) is 0 Å². The maximum atomic E-state index is 12.0. The number of carbonyl (C=O) groups excluding carboxylic acids is 1. The molecule has 0 radical (unpaired) electrons. The van der Waals surface area contributed by atoms with Crippen molar-refractivity contribution in [1.29, 1.82) is 0 Å². The molecule has 2 aliphatic heterocycles. The molecular formula is C17H24N2O2. The van der Waals surface area contributed by atoms with Crippen molar-refractivity contribution in [3.63, 3.8) is 0 Å². The van der Waals surface area contributed by atoms with Crippen LogP contribution in [0.2, 0.25) is 0 Å². The molecule has 0 aromatic heterocycles. The number of likely N-dealkylation sites (tertiary alicyclic amines) is 1. The molecule has 1 saturated heterocycles. The summed E-state index contributed by atoms with van der Waals surface area (Å²) in [7, 11) is 0. The molecule has 4 nitrogen and oxygen atoms in total. The van der Waals surface area contributed by atoms with Crippen molar-refractivity contribution >= 4 is 5.91 Å². The maximum absolute atomic E-state index is 12.0. The van der Waals surface area contributed by atoms with E-state index in [4.69, 9.17) is 4.74 Å². The number of nitrogens with zero attached hydrogens (tertiary/aromatic N) is 1. The second kappa shape index (κ2) is 6.94. The van der Waals surface area contributed by atoms with E-state index in [0.717, 1.165) is 57.7 Å². The van der Waals surface area contributed by atoms with Crippen molar-refractivity contribution in [3.8, 4) is 5.75 Å². The van der Waals surface area contributed by atoms with Gasteiger partial charge in [-0.25, -0.2) is 0 Å². The first-order valence-electron chi connectivity index (χ1n) is 8.06. The zero-order valence-corrected chi connectivity index (χ0v) is 12.6. The Morgan fingerprint density at radius 3 is 2.95 bits per heavy atom. The minimum Gasteiger partial charge on any atom is -0.493 e. The first-order chi connectivity index (χ1) is 10.3. The van der Waals surface area contributed by atoms with E-state index in [2.05, 4.69) is 23.5 Å². The topological polar surface area (TPSA) is 41.6 Å². The predicted octanol–water partition coefficient (Wildman–Crippen LogP) is 1.77. The van der Waals surface area contributed by atoms with Crippen LogP contribution in [-0.4, -0.2) is 43.6 Å². The molecule has 21 heavy (non-hydrogen) atoms. The molecule has 0 aliphatic carbocycles. The lowest BCUT2D eigenvalue weighted by molar-refractivity contribution is -0.131. The Kier molecular flexibility index (Phi) is 4.76. The van der Waals surface area contributed by atoms with Gasteiger partial charge in [-0.1, -0.05) is 12.1 Å². The summed E-state index contributed by atoms with van der Waals surface area (Å²) in [6.45, 7) is 3.99. The smallest absolute Gasteiger partial charge is 0.236 e. The number of hydrogen-bond donors (Lipinski definition) is 1. The van der Waals surface area contributed by atoms with Gasteiger partial charge in [0.05, 0.1) is 13.2 Å². The fourth-order valence-electron chi connectivity index (χ4n) is 3.08. The van der Waals surface area contributed by atoms with Gasteiger partial charge in [-0.05, 0) is 49.4 Å². The van der Waals surface area contributed by atoms with Gasteiger partial charge in [-0.3, -0.25) is 4.79 Å². The Bertz CT molecular complexity index is 496. The van der Waals surface area contributed by atoms with Crippen LogP contribution in [-0.2, 0) is 17.6 Å². The van der Waals surface area contributed by atoms with Crippen molar-refractivity contribution in [2.45, 2.75) is 32.1 Å². The zero-order valence-electron chi connectivity index (χ0n) is 12.6. The molecule has 1 fully saturated rings. The molecule has 2 aliphatic rings. The van der Waals surface area contributed by atoms with Crippen LogP contribution in [0.4, 0.5) is 0 Å². The lowest BCUT2D eigenvalue weighted by Crippen LogP contribution is -2.41. The Morgan fingerprint density at radius 2 is 2.10 bits per heavy atom. The van der Waals surface area contributed by atoms with Crippen molar-refractivity contribution in [2.75, 3.05) is 32.8 Å². The van der Waals surface area contributed by atoms with Gasteiger partial charge >= 0.3 is 0 Å². The number of nitrogens with one attached hydrogen (secondary N) is 1. The summed E-state index contributed by atoms with van der Waals surface area (Å²) < 4.78 is 5.51. The van der Waals surface area contributed by atoms with Crippen LogP contribution in [0.5, 0.6) is 5.75 Å². The van der Waals surface area contributed by atoms with Crippen LogP contribution in [0, 0.1) is 0 Å². The van der Waals surface area contributed by atoms with Crippen molar-refractivity contribution < 1.29 is 9.53 Å². The highest BCUT2D eigenvalue weighted by Crippen LogP contribution is 2.25. The zero-order chi connectivity index (χ0) is 14.5. The normalized spacial score (nSPS) is 17.4. The van der Waals surface area contributed by atoms with Gasteiger partial charge in [-0.15, -0.1) is 0 Å². The fraction of sp³-hybridized carbons (Fsp3) is 0.588. The summed E-state index contributed by atoms with van der Waals surface area (Å²) in [6.07, 6.45) is 5.55. The molecule has 4 heteroatoms. The average Bonchev–Trinajstić information content (AvgIpc) is 3.00. The summed E-state index contributed by atoms with van der Waals surface area (Å²) in [5.74, 6) is 1.28. The number of rotatable bonds is 5. The Morgan fingerprint density at radius 1 is 1.24 bits per heavy atom. The summed E-state index contributed by atoms with van der Waals surface area (Å²) in [6, 6.07) is 6.42. The number of hydrogen-bond acceptors (Lipinski definition) is 3. The molecule has 0 bridgehead atoms. The molecular weight excluding hydrogens is 264 g/mol. The summed E-state index contributed by atoms with van der Waals surface area (Å²) in [5, 5.41) is 3.28. The molecule has 0 atom stereocenters. The summed E-state index contributed by atoms with van der Waals surface area (Å²) >= 11 is 0. The molecule has 1 aromatic rings. The first-order valence-corrected chi connectivity index (χ1v) is 8.06. The van der Waals surface area contributed by atoms with Crippen molar-refractivity contribution in [2.24, 2.45) is 0 Å². The van der Waals surface area contributed by atoms with Crippen molar-refractivity contribution in [3.05, 3.63) is 29.3 Å². The molecule has 1 amide bonds. The van der Waals surface area contributed by atoms with Gasteiger partial charge in [0, 0.05) is 19.5 Å². The van der Waals surface area contributed by atoms with E-state index in [1.54, 1.807) is 0 Å². The molecule has 0 saturated carbocycles. The third-order valence-electron chi connectivity index (χ3n) is 4.33. The standard InChI is InChI=1S/C17H24N2O2/c20-17(19-9-2-1-3-10-19)13-18-8-6-14-4-5-16-15(12-14)7-11-21-16/h4-5,12,18H,1-3,6-11,13H2. The van der Waals surface area contributed by atoms with Crippen LogP contribution in [0.15, 0.2) is 18.2 Å². The SMILES string of the molecule is O=C(CNCCc1ccc2c(c1)CCO2)N1CCCCC1. The predicted molar refractivity (Wildman–Crippen MR) is 82.6 cm³/mol. The highest BCUT2D eigenvalue weighted by Gasteiger charge is 2.15. The van der Waals surface area contributed by atoms with E-state index in [1.165, 1.54) is 17.5 Å². The number of piperidine rings is 1. The van der Waals surface area contributed by atoms with Crippen LogP contribution < -0.4 is 10.1 Å². The van der Waals surface area contributed by atoms with Crippen LogP contribution in [0.25, 0.3) is 0 Å². The van der Waals surface area contributed by atoms with Gasteiger partial charge in [0.1, 0.15) is 5.75 Å². The van der Waals surface area contributed by atoms with Gasteiger partial charge in [0.25, 0.3) is 0 Å². The van der Waals surface area contributed by atoms with Crippen LogP contribution >= 0.6 is 0 Å². The molecule has 1 aromatic carbocycles. The monoisotopic (exact) mass is 288 g/mol. The summed E-state index contributed by atoms with van der Waals surface area (Å²) in [4.78, 5) is 14.0. The highest BCUT2D eigenvalue weighted by atomic mass is 16.5. The molecule has 0 unspecified atom stereocenters. The molecule has 1 N–H and O–H groups in total. The second-order valence-corrected chi connectivity index (χ2v) is 5.91. The van der Waals surface area contributed by atoms with Crippen LogP contribution in [0.3, 0.4) is 0 Å². The molecule has 114 valence electrons. The average molecular weight is 288 g/mol. The van der Waals surface area contributed by atoms with Crippen LogP contribution in [0.1, 0.15) is 30.4 Å². The maximum Gasteiger partial charge on any atom is 0.236 e. The van der Waals surface area contributed by atoms with E-state index in [-0.39, 0.29) is 5.91 Å². The third-order valence-corrected chi connectivity index (χ3v) is 4.33. The fourth-order valence-corrected chi connectivity index (χ4v) is 3.08. The van der Waals surface area contributed by atoms with E-state index in [9.17, 15) is 4.79 Å². The second-order valence-electron chi connectivity index (χ2n) is 5.91. The number of ether oxygens (including phenoxy) is 1. The number of fused-ring (bicyclic) bond motifs is 1. The Balaban J connectivity index is 1.39. The number of benzene rings is 1. The lowest BCUT2D eigenvalue weighted by atomic mass is 10.1. The largest absolute Gasteiger partial charge is 0.493 e. The van der Waals surface area contributed by atoms with E-state index in [0.29, 0.717) is 6.54 Å². The quantitative estimate of drug-likeness (QED) is 0.840. The van der Waals surface area contributed by atoms with E-state index >= 15 is 0 Å². The highest BCUT2D eigenvalue weighted by molar-refractivity contribution is 5.78.